The van der Waals surface area contributed by atoms with Gasteiger partial charge in [-0.25, -0.2) is 9.37 Å². The third-order valence-electron chi connectivity index (χ3n) is 2.74. The van der Waals surface area contributed by atoms with E-state index in [9.17, 15) is 9.50 Å². The van der Waals surface area contributed by atoms with E-state index in [1.54, 1.807) is 36.0 Å². The molecule has 0 radical (unpaired) electrons. The van der Waals surface area contributed by atoms with Crippen molar-refractivity contribution in [2.75, 3.05) is 0 Å². The molecule has 2 rings (SSSR count). The van der Waals surface area contributed by atoms with E-state index < -0.39 is 6.10 Å². The van der Waals surface area contributed by atoms with Crippen LogP contribution in [-0.4, -0.2) is 14.7 Å². The second-order valence-corrected chi connectivity index (χ2v) is 3.92. The van der Waals surface area contributed by atoms with Gasteiger partial charge in [0.15, 0.2) is 0 Å². The Balaban J connectivity index is 2.65. The van der Waals surface area contributed by atoms with Crippen LogP contribution in [0.4, 0.5) is 4.39 Å². The molecule has 0 bridgehead atoms. The molecule has 90 valence electrons. The van der Waals surface area contributed by atoms with Crippen LogP contribution < -0.4 is 0 Å². The van der Waals surface area contributed by atoms with Crippen LogP contribution in [0.2, 0.25) is 0 Å². The summed E-state index contributed by atoms with van der Waals surface area (Å²) < 4.78 is 15.6. The first-order valence-electron chi connectivity index (χ1n) is 5.64. The molecule has 0 saturated carbocycles. The molecule has 0 aliphatic rings. The quantitative estimate of drug-likeness (QED) is 0.886. The Hall–Kier alpha value is -1.68. The Bertz CT molecular complexity index is 520. The molecule has 1 aromatic heterocycles. The average molecular weight is 234 g/mol. The first-order valence-corrected chi connectivity index (χ1v) is 5.64. The number of para-hydroxylation sites is 1. The van der Waals surface area contributed by atoms with Gasteiger partial charge in [0.25, 0.3) is 0 Å². The number of halogens is 1. The summed E-state index contributed by atoms with van der Waals surface area (Å²) in [6.07, 6.45) is 3.34. The predicted molar refractivity (Wildman–Crippen MR) is 63.5 cm³/mol. The molecule has 1 N–H and O–H groups in total. The van der Waals surface area contributed by atoms with Gasteiger partial charge >= 0.3 is 0 Å². The van der Waals surface area contributed by atoms with E-state index in [-0.39, 0.29) is 5.82 Å². The normalized spacial score (nSPS) is 12.7. The van der Waals surface area contributed by atoms with Crippen molar-refractivity contribution in [2.45, 2.75) is 26.4 Å². The fourth-order valence-corrected chi connectivity index (χ4v) is 1.92. The molecule has 1 heterocycles. The van der Waals surface area contributed by atoms with Crippen molar-refractivity contribution in [3.05, 3.63) is 47.8 Å². The van der Waals surface area contributed by atoms with Gasteiger partial charge in [-0.1, -0.05) is 19.1 Å². The summed E-state index contributed by atoms with van der Waals surface area (Å²) in [5.41, 5.74) is 0.953. The van der Waals surface area contributed by atoms with Gasteiger partial charge in [-0.2, -0.15) is 0 Å². The van der Waals surface area contributed by atoms with Crippen molar-refractivity contribution in [1.82, 2.24) is 9.55 Å². The summed E-state index contributed by atoms with van der Waals surface area (Å²) in [5, 5.41) is 9.69. The van der Waals surface area contributed by atoms with Crippen molar-refractivity contribution in [3.8, 4) is 5.69 Å². The van der Waals surface area contributed by atoms with Gasteiger partial charge in [0.05, 0.1) is 11.8 Å². The zero-order valence-corrected chi connectivity index (χ0v) is 9.89. The Morgan fingerprint density at radius 1 is 1.47 bits per heavy atom. The Labute approximate surface area is 99.5 Å². The third kappa shape index (κ3) is 2.08. The van der Waals surface area contributed by atoms with Crippen LogP contribution in [0, 0.1) is 5.82 Å². The van der Waals surface area contributed by atoms with E-state index in [4.69, 9.17) is 0 Å². The highest BCUT2D eigenvalue weighted by Gasteiger charge is 2.15. The van der Waals surface area contributed by atoms with Gasteiger partial charge < -0.3 is 9.67 Å². The topological polar surface area (TPSA) is 38.0 Å². The Morgan fingerprint density at radius 3 is 2.88 bits per heavy atom. The summed E-state index contributed by atoms with van der Waals surface area (Å²) in [7, 11) is 0. The first kappa shape index (κ1) is 11.8. The van der Waals surface area contributed by atoms with Crippen LogP contribution in [0.1, 0.15) is 31.3 Å². The second-order valence-electron chi connectivity index (χ2n) is 3.92. The number of aliphatic hydroxyl groups is 1. The lowest BCUT2D eigenvalue weighted by Crippen LogP contribution is -2.07. The lowest BCUT2D eigenvalue weighted by atomic mass is 10.1. The number of rotatable bonds is 3. The molecule has 0 saturated heterocycles. The predicted octanol–water partition coefficient (Wildman–Crippen LogP) is 2.63. The van der Waals surface area contributed by atoms with Crippen molar-refractivity contribution in [3.63, 3.8) is 0 Å². The maximum absolute atomic E-state index is 13.9. The molecule has 17 heavy (non-hydrogen) atoms. The molecule has 0 amide bonds. The first-order chi connectivity index (χ1) is 8.15. The summed E-state index contributed by atoms with van der Waals surface area (Å²) in [5.74, 6) is 0.424. The minimum atomic E-state index is -0.715. The Kier molecular flexibility index (Phi) is 3.24. The number of aryl methyl sites for hydroxylation is 1. The highest BCUT2D eigenvalue weighted by Crippen LogP contribution is 2.25. The van der Waals surface area contributed by atoms with Gasteiger partial charge in [-0.15, -0.1) is 0 Å². The average Bonchev–Trinajstić information content (AvgIpc) is 2.76. The number of aromatic nitrogens is 2. The molecule has 0 aliphatic heterocycles. The fraction of sp³-hybridized carbons (Fsp3) is 0.308. The molecule has 3 nitrogen and oxygen atoms in total. The SMILES string of the molecule is CCc1nccn1-c1c(F)cccc1[C@@H](C)O. The smallest absolute Gasteiger partial charge is 0.147 e. The number of imidazole rings is 1. The van der Waals surface area contributed by atoms with Gasteiger partial charge in [0.1, 0.15) is 11.6 Å². The largest absolute Gasteiger partial charge is 0.389 e. The third-order valence-corrected chi connectivity index (χ3v) is 2.74. The molecule has 0 spiro atoms. The maximum atomic E-state index is 13.9. The van der Waals surface area contributed by atoms with Crippen LogP contribution >= 0.6 is 0 Å². The number of aliphatic hydroxyl groups excluding tert-OH is 1. The van der Waals surface area contributed by atoms with Gasteiger partial charge in [0.2, 0.25) is 0 Å². The standard InChI is InChI=1S/C13H15FN2O/c1-3-12-15-7-8-16(12)13-10(9(2)17)5-4-6-11(13)14/h4-9,17H,3H2,1-2H3/t9-/m1/s1. The number of hydrogen-bond acceptors (Lipinski definition) is 2. The molecule has 1 atom stereocenters. The molecule has 0 aliphatic carbocycles. The summed E-state index contributed by atoms with van der Waals surface area (Å²) in [6, 6.07) is 4.71. The fourth-order valence-electron chi connectivity index (χ4n) is 1.92. The zero-order chi connectivity index (χ0) is 12.4. The lowest BCUT2D eigenvalue weighted by Gasteiger charge is -2.15. The highest BCUT2D eigenvalue weighted by atomic mass is 19.1. The summed E-state index contributed by atoms with van der Waals surface area (Å²) in [4.78, 5) is 4.17. The minimum absolute atomic E-state index is 0.351. The van der Waals surface area contributed by atoms with Crippen molar-refractivity contribution < 1.29 is 9.50 Å². The highest BCUT2D eigenvalue weighted by molar-refractivity contribution is 5.44. The molecular weight excluding hydrogens is 219 g/mol. The minimum Gasteiger partial charge on any atom is -0.389 e. The van der Waals surface area contributed by atoms with Crippen LogP contribution in [0.3, 0.4) is 0 Å². The van der Waals surface area contributed by atoms with E-state index in [1.807, 2.05) is 6.92 Å². The summed E-state index contributed by atoms with van der Waals surface area (Å²) >= 11 is 0. The van der Waals surface area contributed by atoms with Crippen LogP contribution in [0.5, 0.6) is 0 Å². The summed E-state index contributed by atoms with van der Waals surface area (Å²) in [6.45, 7) is 3.59. The van der Waals surface area contributed by atoms with E-state index in [2.05, 4.69) is 4.98 Å². The molecule has 2 aromatic rings. The lowest BCUT2D eigenvalue weighted by molar-refractivity contribution is 0.198. The van der Waals surface area contributed by atoms with Crippen molar-refractivity contribution in [2.24, 2.45) is 0 Å². The van der Waals surface area contributed by atoms with Crippen molar-refractivity contribution in [1.29, 1.82) is 0 Å². The Morgan fingerprint density at radius 2 is 2.24 bits per heavy atom. The van der Waals surface area contributed by atoms with E-state index in [0.29, 0.717) is 17.7 Å². The van der Waals surface area contributed by atoms with Gasteiger partial charge in [0, 0.05) is 24.4 Å². The molecule has 4 heteroatoms. The molecule has 0 unspecified atom stereocenters. The van der Waals surface area contributed by atoms with Crippen LogP contribution in [0.25, 0.3) is 5.69 Å². The van der Waals surface area contributed by atoms with E-state index in [1.165, 1.54) is 6.07 Å². The number of hydrogen-bond donors (Lipinski definition) is 1. The molecule has 0 fully saturated rings. The van der Waals surface area contributed by atoms with Crippen LogP contribution in [-0.2, 0) is 6.42 Å². The number of benzene rings is 1. The van der Waals surface area contributed by atoms with Crippen LogP contribution in [0.15, 0.2) is 30.6 Å². The van der Waals surface area contributed by atoms with Crippen molar-refractivity contribution >= 4 is 0 Å². The molecule has 1 aromatic carbocycles. The van der Waals surface area contributed by atoms with E-state index in [0.717, 1.165) is 5.82 Å². The number of nitrogens with zero attached hydrogens (tertiary/aromatic N) is 2. The second kappa shape index (κ2) is 4.67. The maximum Gasteiger partial charge on any atom is 0.147 e. The van der Waals surface area contributed by atoms with Gasteiger partial charge in [-0.05, 0) is 13.0 Å². The molecular formula is C13H15FN2O. The van der Waals surface area contributed by atoms with Gasteiger partial charge in [-0.3, -0.25) is 0 Å². The monoisotopic (exact) mass is 234 g/mol. The zero-order valence-electron chi connectivity index (χ0n) is 9.89. The van der Waals surface area contributed by atoms with E-state index >= 15 is 0 Å².